The molecule has 2 amide bonds. The van der Waals surface area contributed by atoms with E-state index in [1.807, 2.05) is 0 Å². The molecular weight excluding hydrogens is 486 g/mol. The van der Waals surface area contributed by atoms with Crippen LogP contribution in [0.3, 0.4) is 0 Å². The van der Waals surface area contributed by atoms with E-state index in [0.29, 0.717) is 0 Å². The van der Waals surface area contributed by atoms with Gasteiger partial charge in [0.25, 0.3) is 10.0 Å². The fourth-order valence-corrected chi connectivity index (χ4v) is 5.11. The predicted molar refractivity (Wildman–Crippen MR) is 121 cm³/mol. The molecule has 1 aromatic carbocycles. The van der Waals surface area contributed by atoms with Gasteiger partial charge in [0, 0.05) is 51.4 Å². The first-order valence-corrected chi connectivity index (χ1v) is 12.2. The van der Waals surface area contributed by atoms with Crippen LogP contribution in [0.2, 0.25) is 0 Å². The van der Waals surface area contributed by atoms with Gasteiger partial charge in [0.2, 0.25) is 5.91 Å². The number of carbonyl (C=O) groups is 2. The molecule has 2 N–H and O–H groups in total. The van der Waals surface area contributed by atoms with Crippen molar-refractivity contribution in [2.75, 3.05) is 49.1 Å². The molecule has 0 saturated carbocycles. The zero-order valence-electron chi connectivity index (χ0n) is 18.8. The molecule has 0 aliphatic carbocycles. The second-order valence-corrected chi connectivity index (χ2v) is 9.76. The lowest BCUT2D eigenvalue weighted by Gasteiger charge is -2.25. The molecule has 2 saturated heterocycles. The number of nitrogens with one attached hydrogen (secondary N) is 2. The number of hydrogen-bond donors (Lipinski definition) is 2. The minimum atomic E-state index is -3.94. The summed E-state index contributed by atoms with van der Waals surface area (Å²) in [5, 5.41) is 2.39. The van der Waals surface area contributed by atoms with Crippen LogP contribution in [0.15, 0.2) is 41.6 Å². The number of pyridine rings is 1. The van der Waals surface area contributed by atoms with Crippen molar-refractivity contribution in [3.8, 4) is 0 Å². The Morgan fingerprint density at radius 3 is 2.63 bits per heavy atom. The monoisotopic (exact) mass is 510 g/mol. The van der Waals surface area contributed by atoms with Crippen molar-refractivity contribution in [2.45, 2.75) is 18.1 Å². The molecule has 2 aliphatic rings. The van der Waals surface area contributed by atoms with Crippen molar-refractivity contribution in [1.82, 2.24) is 20.1 Å². The molecule has 2 fully saturated rings. The van der Waals surface area contributed by atoms with E-state index < -0.39 is 33.9 Å². The SMILES string of the molecule is CC(=O)NC[C@H]1CN(c2cc(F)c(N3CCNN(S(=O)(=O)c4ccccn4)CC3)c(F)c2)C(=O)O1. The Balaban J connectivity index is 1.48. The zero-order chi connectivity index (χ0) is 25.2. The summed E-state index contributed by atoms with van der Waals surface area (Å²) in [6.45, 7) is 1.59. The van der Waals surface area contributed by atoms with Crippen LogP contribution in [0.5, 0.6) is 0 Å². The number of carbonyl (C=O) groups excluding carboxylic acids is 2. The lowest BCUT2D eigenvalue weighted by Crippen LogP contribution is -2.43. The normalized spacial score (nSPS) is 19.4. The van der Waals surface area contributed by atoms with E-state index in [4.69, 9.17) is 4.74 Å². The molecule has 0 spiro atoms. The number of amides is 2. The third-order valence-electron chi connectivity index (χ3n) is 5.52. The van der Waals surface area contributed by atoms with Gasteiger partial charge in [0.1, 0.15) is 11.8 Å². The highest BCUT2D eigenvalue weighted by molar-refractivity contribution is 7.89. The molecule has 1 atom stereocenters. The molecule has 14 heteroatoms. The van der Waals surface area contributed by atoms with Crippen LogP contribution < -0.4 is 20.5 Å². The first-order valence-electron chi connectivity index (χ1n) is 10.8. The highest BCUT2D eigenvalue weighted by Gasteiger charge is 2.34. The number of ether oxygens (including phenoxy) is 1. The van der Waals surface area contributed by atoms with Gasteiger partial charge >= 0.3 is 6.09 Å². The number of nitrogens with zero attached hydrogens (tertiary/aromatic N) is 4. The van der Waals surface area contributed by atoms with Crippen LogP contribution in [0.4, 0.5) is 25.0 Å². The summed E-state index contributed by atoms with van der Waals surface area (Å²) < 4.78 is 61.9. The Bertz CT molecular complexity index is 1190. The molecule has 4 rings (SSSR count). The maximum Gasteiger partial charge on any atom is 0.414 e. The second-order valence-electron chi connectivity index (χ2n) is 7.95. The Kier molecular flexibility index (Phi) is 7.14. The maximum absolute atomic E-state index is 15.1. The Morgan fingerprint density at radius 1 is 1.23 bits per heavy atom. The quantitative estimate of drug-likeness (QED) is 0.586. The van der Waals surface area contributed by atoms with Gasteiger partial charge in [-0.3, -0.25) is 9.69 Å². The summed E-state index contributed by atoms with van der Waals surface area (Å²) >= 11 is 0. The number of benzene rings is 1. The largest absolute Gasteiger partial charge is 0.442 e. The Labute approximate surface area is 200 Å². The first-order chi connectivity index (χ1) is 16.7. The van der Waals surface area contributed by atoms with Crippen LogP contribution in [0.25, 0.3) is 0 Å². The van der Waals surface area contributed by atoms with Crippen molar-refractivity contribution in [2.24, 2.45) is 0 Å². The average molecular weight is 511 g/mol. The topological polar surface area (TPSA) is 124 Å². The van der Waals surface area contributed by atoms with Crippen molar-refractivity contribution in [3.05, 3.63) is 48.2 Å². The van der Waals surface area contributed by atoms with Crippen LogP contribution in [-0.2, 0) is 19.6 Å². The van der Waals surface area contributed by atoms with Crippen molar-refractivity contribution < 1.29 is 31.5 Å². The van der Waals surface area contributed by atoms with E-state index in [2.05, 4.69) is 15.7 Å². The number of aromatic nitrogens is 1. The van der Waals surface area contributed by atoms with E-state index in [1.54, 1.807) is 12.1 Å². The molecule has 0 unspecified atom stereocenters. The van der Waals surface area contributed by atoms with E-state index in [-0.39, 0.29) is 61.6 Å². The van der Waals surface area contributed by atoms with Crippen LogP contribution in [-0.4, -0.2) is 75.2 Å². The third-order valence-corrected chi connectivity index (χ3v) is 7.18. The summed E-state index contributed by atoms with van der Waals surface area (Å²) in [5.41, 5.74) is 2.42. The van der Waals surface area contributed by atoms with E-state index >= 15 is 8.78 Å². The van der Waals surface area contributed by atoms with E-state index in [0.717, 1.165) is 21.4 Å². The number of rotatable bonds is 6. The number of hydrogen-bond acceptors (Lipinski definition) is 8. The summed E-state index contributed by atoms with van der Waals surface area (Å²) in [7, 11) is -3.94. The van der Waals surface area contributed by atoms with E-state index in [9.17, 15) is 18.0 Å². The van der Waals surface area contributed by atoms with Gasteiger partial charge in [-0.05, 0) is 12.1 Å². The molecular formula is C21H24F2N6O5S. The van der Waals surface area contributed by atoms with Gasteiger partial charge in [0.15, 0.2) is 16.7 Å². The number of cyclic esters (lactones) is 1. The summed E-state index contributed by atoms with van der Waals surface area (Å²) in [5.74, 6) is -2.10. The average Bonchev–Trinajstić information content (AvgIpc) is 3.02. The summed E-state index contributed by atoms with van der Waals surface area (Å²) in [6, 6.07) is 6.57. The van der Waals surface area contributed by atoms with Crippen LogP contribution in [0.1, 0.15) is 6.92 Å². The molecule has 11 nitrogen and oxygen atoms in total. The predicted octanol–water partition coefficient (Wildman–Crippen LogP) is 0.837. The minimum Gasteiger partial charge on any atom is -0.442 e. The van der Waals surface area contributed by atoms with Gasteiger partial charge in [-0.1, -0.05) is 6.07 Å². The highest BCUT2D eigenvalue weighted by Crippen LogP contribution is 2.31. The van der Waals surface area contributed by atoms with Crippen LogP contribution >= 0.6 is 0 Å². The molecule has 35 heavy (non-hydrogen) atoms. The molecule has 0 bridgehead atoms. The number of halogens is 2. The number of hydrazine groups is 1. The Hall–Kier alpha value is -3.36. The van der Waals surface area contributed by atoms with Crippen molar-refractivity contribution >= 4 is 33.4 Å². The Morgan fingerprint density at radius 2 is 1.97 bits per heavy atom. The maximum atomic E-state index is 15.1. The summed E-state index contributed by atoms with van der Waals surface area (Å²) in [4.78, 5) is 29.6. The molecule has 188 valence electrons. The molecule has 0 radical (unpaired) electrons. The summed E-state index contributed by atoms with van der Waals surface area (Å²) in [6.07, 6.45) is -0.0659. The fourth-order valence-electron chi connectivity index (χ4n) is 3.86. The molecule has 2 aromatic rings. The van der Waals surface area contributed by atoms with Gasteiger partial charge in [-0.2, -0.15) is 0 Å². The fraction of sp³-hybridized carbons (Fsp3) is 0.381. The lowest BCUT2D eigenvalue weighted by atomic mass is 10.2. The van der Waals surface area contributed by atoms with Crippen LogP contribution in [0, 0.1) is 11.6 Å². The first kappa shape index (κ1) is 24.8. The smallest absolute Gasteiger partial charge is 0.414 e. The second kappa shape index (κ2) is 10.1. The van der Waals surface area contributed by atoms with Gasteiger partial charge in [0.05, 0.1) is 18.8 Å². The zero-order valence-corrected chi connectivity index (χ0v) is 19.6. The third kappa shape index (κ3) is 5.33. The van der Waals surface area contributed by atoms with Gasteiger partial charge in [-0.15, -0.1) is 4.41 Å². The number of sulfonamides is 1. The standard InChI is InChI=1S/C21H24F2N6O5S/c1-14(30)25-12-16-13-28(21(31)34-16)15-10-17(22)20(18(23)11-15)27-7-6-26-29(9-8-27)35(32,33)19-4-2-3-5-24-19/h2-5,10-11,16,26H,6-9,12-13H2,1H3,(H,25,30)/t16-/m0/s1. The highest BCUT2D eigenvalue weighted by atomic mass is 32.2. The molecule has 2 aliphatic heterocycles. The lowest BCUT2D eigenvalue weighted by molar-refractivity contribution is -0.119. The van der Waals surface area contributed by atoms with Gasteiger partial charge < -0.3 is 15.0 Å². The van der Waals surface area contributed by atoms with E-state index in [1.165, 1.54) is 24.1 Å². The van der Waals surface area contributed by atoms with Gasteiger partial charge in [-0.25, -0.2) is 32.4 Å². The van der Waals surface area contributed by atoms with Crippen molar-refractivity contribution in [1.29, 1.82) is 0 Å². The molecule has 3 heterocycles. The molecule has 1 aromatic heterocycles. The minimum absolute atomic E-state index is 0.0107. The number of anilines is 2. The van der Waals surface area contributed by atoms with Crippen molar-refractivity contribution in [3.63, 3.8) is 0 Å².